The zero-order valence-corrected chi connectivity index (χ0v) is 16.0. The summed E-state index contributed by atoms with van der Waals surface area (Å²) >= 11 is 0. The first-order valence-electron chi connectivity index (χ1n) is 10.2. The van der Waals surface area contributed by atoms with Gasteiger partial charge in [-0.3, -0.25) is 4.79 Å². The van der Waals surface area contributed by atoms with Crippen molar-refractivity contribution in [3.8, 4) is 0 Å². The van der Waals surface area contributed by atoms with Crippen molar-refractivity contribution in [1.29, 1.82) is 0 Å². The molecule has 1 N–H and O–H groups in total. The monoisotopic (exact) mass is 349 g/mol. The summed E-state index contributed by atoms with van der Waals surface area (Å²) in [6.45, 7) is 3.94. The maximum absolute atomic E-state index is 12.8. The number of ketones is 1. The summed E-state index contributed by atoms with van der Waals surface area (Å²) in [6, 6.07) is 5.79. The molecule has 0 unspecified atom stereocenters. The van der Waals surface area contributed by atoms with Gasteiger partial charge in [-0.2, -0.15) is 0 Å². The molecule has 25 heavy (non-hydrogen) atoms. The molecule has 0 aliphatic heterocycles. The van der Waals surface area contributed by atoms with Crippen molar-refractivity contribution in [2.75, 3.05) is 13.1 Å². The van der Waals surface area contributed by atoms with Crippen LogP contribution < -0.4 is 5.32 Å². The first-order valence-corrected chi connectivity index (χ1v) is 10.2. The van der Waals surface area contributed by atoms with Crippen molar-refractivity contribution in [3.63, 3.8) is 0 Å². The number of nitrogens with one attached hydrogen (secondary N) is 1. The van der Waals surface area contributed by atoms with Crippen LogP contribution in [0.5, 0.6) is 0 Å². The topological polar surface area (TPSA) is 29.1 Å². The Kier molecular flexibility index (Phi) is 13.2. The van der Waals surface area contributed by atoms with Crippen LogP contribution in [0, 0.1) is 5.82 Å². The fraction of sp³-hybridized carbons (Fsp3) is 0.682. The second-order valence-corrected chi connectivity index (χ2v) is 6.97. The highest BCUT2D eigenvalue weighted by Gasteiger charge is 2.05. The van der Waals surface area contributed by atoms with Gasteiger partial charge < -0.3 is 5.32 Å². The number of unbranched alkanes of at least 4 members (excludes halogenated alkanes) is 10. The van der Waals surface area contributed by atoms with E-state index in [2.05, 4.69) is 12.2 Å². The van der Waals surface area contributed by atoms with Gasteiger partial charge in [-0.25, -0.2) is 4.39 Å². The maximum Gasteiger partial charge on any atom is 0.164 e. The quantitative estimate of drug-likeness (QED) is 0.280. The largest absolute Gasteiger partial charge is 0.316 e. The molecule has 0 saturated heterocycles. The highest BCUT2D eigenvalue weighted by molar-refractivity contribution is 5.96. The van der Waals surface area contributed by atoms with Crippen molar-refractivity contribution in [1.82, 2.24) is 5.32 Å². The highest BCUT2D eigenvalue weighted by atomic mass is 19.1. The van der Waals surface area contributed by atoms with E-state index in [9.17, 15) is 9.18 Å². The van der Waals surface area contributed by atoms with Crippen molar-refractivity contribution in [3.05, 3.63) is 35.6 Å². The molecule has 0 spiro atoms. The molecule has 0 radical (unpaired) electrons. The van der Waals surface area contributed by atoms with Gasteiger partial charge in [-0.05, 0) is 37.2 Å². The van der Waals surface area contributed by atoms with Crippen LogP contribution in [0.3, 0.4) is 0 Å². The molecule has 2 nitrogen and oxygen atoms in total. The Morgan fingerprint density at radius 1 is 0.800 bits per heavy atom. The van der Waals surface area contributed by atoms with E-state index in [-0.39, 0.29) is 11.6 Å². The number of halogens is 1. The summed E-state index contributed by atoms with van der Waals surface area (Å²) in [5, 5.41) is 3.33. The Hall–Kier alpha value is -1.22. The highest BCUT2D eigenvalue weighted by Crippen LogP contribution is 2.11. The maximum atomic E-state index is 12.8. The molecule has 0 amide bonds. The van der Waals surface area contributed by atoms with Gasteiger partial charge in [0.2, 0.25) is 0 Å². The second-order valence-electron chi connectivity index (χ2n) is 6.97. The molecule has 1 aromatic carbocycles. The number of rotatable bonds is 16. The Labute approximate surface area is 153 Å². The summed E-state index contributed by atoms with van der Waals surface area (Å²) in [6.07, 6.45) is 15.3. The van der Waals surface area contributed by atoms with Crippen LogP contribution >= 0.6 is 0 Å². The van der Waals surface area contributed by atoms with Crippen molar-refractivity contribution in [2.45, 2.75) is 84.0 Å². The number of carbonyl (C=O) groups is 1. The predicted octanol–water partition coefficient (Wildman–Crippen LogP) is 6.30. The molecule has 0 fully saturated rings. The van der Waals surface area contributed by atoms with Gasteiger partial charge >= 0.3 is 0 Å². The number of Topliss-reactive ketones (excluding diaryl/α,β-unsaturated/α-hetero) is 1. The molecule has 142 valence electrons. The van der Waals surface area contributed by atoms with Gasteiger partial charge in [0.1, 0.15) is 5.82 Å². The number of benzene rings is 1. The van der Waals surface area contributed by atoms with Crippen LogP contribution in [0.2, 0.25) is 0 Å². The number of carbonyl (C=O) groups excluding carboxylic acids is 1. The third-order valence-corrected chi connectivity index (χ3v) is 4.65. The van der Waals surface area contributed by atoms with Gasteiger partial charge in [0.25, 0.3) is 0 Å². The second kappa shape index (κ2) is 15.1. The summed E-state index contributed by atoms with van der Waals surface area (Å²) < 4.78 is 12.8. The van der Waals surface area contributed by atoms with E-state index < -0.39 is 0 Å². The number of hydrogen-bond donors (Lipinski definition) is 1. The van der Waals surface area contributed by atoms with E-state index in [0.29, 0.717) is 18.5 Å². The van der Waals surface area contributed by atoms with Crippen LogP contribution in [0.1, 0.15) is 94.3 Å². The standard InChI is InChI=1S/C22H36FNO/c1-2-3-4-5-6-7-8-9-10-11-12-18-24-19-17-22(25)20-13-15-21(23)16-14-20/h13-16,24H,2-12,17-19H2,1H3. The lowest BCUT2D eigenvalue weighted by Gasteiger charge is -2.05. The van der Waals surface area contributed by atoms with Crippen LogP contribution in [0.15, 0.2) is 24.3 Å². The Morgan fingerprint density at radius 3 is 1.88 bits per heavy atom. The zero-order chi connectivity index (χ0) is 18.2. The van der Waals surface area contributed by atoms with Gasteiger partial charge in [0.05, 0.1) is 0 Å². The van der Waals surface area contributed by atoms with Crippen LogP contribution in [0.25, 0.3) is 0 Å². The lowest BCUT2D eigenvalue weighted by Crippen LogP contribution is -2.19. The normalized spacial score (nSPS) is 11.0. The SMILES string of the molecule is CCCCCCCCCCCCCNCCC(=O)c1ccc(F)cc1. The Morgan fingerprint density at radius 2 is 1.32 bits per heavy atom. The first-order chi connectivity index (χ1) is 12.2. The van der Waals surface area contributed by atoms with Crippen molar-refractivity contribution in [2.24, 2.45) is 0 Å². The average Bonchev–Trinajstić information content (AvgIpc) is 2.62. The van der Waals surface area contributed by atoms with Gasteiger partial charge in [-0.15, -0.1) is 0 Å². The third kappa shape index (κ3) is 11.9. The predicted molar refractivity (Wildman–Crippen MR) is 105 cm³/mol. The van der Waals surface area contributed by atoms with E-state index in [4.69, 9.17) is 0 Å². The van der Waals surface area contributed by atoms with Gasteiger partial charge in [0, 0.05) is 18.5 Å². The summed E-state index contributed by atoms with van der Waals surface area (Å²) in [7, 11) is 0. The Bertz CT molecular complexity index is 444. The lowest BCUT2D eigenvalue weighted by atomic mass is 10.1. The van der Waals surface area contributed by atoms with Crippen LogP contribution in [-0.4, -0.2) is 18.9 Å². The van der Waals surface area contributed by atoms with Crippen molar-refractivity contribution < 1.29 is 9.18 Å². The van der Waals surface area contributed by atoms with Crippen molar-refractivity contribution >= 4 is 5.78 Å². The molecular weight excluding hydrogens is 313 g/mol. The molecule has 0 saturated carbocycles. The van der Waals surface area contributed by atoms with E-state index in [1.807, 2.05) is 0 Å². The minimum atomic E-state index is -0.300. The van der Waals surface area contributed by atoms with E-state index in [1.54, 1.807) is 12.1 Å². The minimum Gasteiger partial charge on any atom is -0.316 e. The summed E-state index contributed by atoms with van der Waals surface area (Å²) in [5.74, 6) is -0.224. The third-order valence-electron chi connectivity index (χ3n) is 4.65. The van der Waals surface area contributed by atoms with E-state index in [0.717, 1.165) is 6.54 Å². The molecule has 0 aliphatic carbocycles. The van der Waals surface area contributed by atoms with E-state index >= 15 is 0 Å². The first kappa shape index (κ1) is 21.8. The Balaban J connectivity index is 1.84. The average molecular weight is 350 g/mol. The molecule has 0 aliphatic rings. The number of hydrogen-bond acceptors (Lipinski definition) is 2. The zero-order valence-electron chi connectivity index (χ0n) is 16.0. The van der Waals surface area contributed by atoms with Gasteiger partial charge in [0.15, 0.2) is 5.78 Å². The van der Waals surface area contributed by atoms with E-state index in [1.165, 1.54) is 82.8 Å². The summed E-state index contributed by atoms with van der Waals surface area (Å²) in [4.78, 5) is 11.9. The minimum absolute atomic E-state index is 0.0754. The van der Waals surface area contributed by atoms with Crippen LogP contribution in [0.4, 0.5) is 4.39 Å². The molecule has 0 heterocycles. The molecule has 3 heteroatoms. The smallest absolute Gasteiger partial charge is 0.164 e. The molecular formula is C22H36FNO. The fourth-order valence-electron chi connectivity index (χ4n) is 3.02. The lowest BCUT2D eigenvalue weighted by molar-refractivity contribution is 0.0982. The molecule has 1 rings (SSSR count). The molecule has 0 atom stereocenters. The fourth-order valence-corrected chi connectivity index (χ4v) is 3.02. The van der Waals surface area contributed by atoms with Crippen LogP contribution in [-0.2, 0) is 0 Å². The molecule has 0 aromatic heterocycles. The molecule has 1 aromatic rings. The summed E-state index contributed by atoms with van der Waals surface area (Å²) in [5.41, 5.74) is 0.595. The molecule has 0 bridgehead atoms. The van der Waals surface area contributed by atoms with Gasteiger partial charge in [-0.1, -0.05) is 71.1 Å².